The Labute approximate surface area is 134 Å². The summed E-state index contributed by atoms with van der Waals surface area (Å²) in [5.41, 5.74) is 0.461. The summed E-state index contributed by atoms with van der Waals surface area (Å²) in [6.45, 7) is 1.72. The van der Waals surface area contributed by atoms with Crippen molar-refractivity contribution in [2.24, 2.45) is 0 Å². The van der Waals surface area contributed by atoms with E-state index >= 15 is 0 Å². The standard InChI is InChI=1S/C15H20F2N2O3S/c1-10(11-3-4-13(16)14(17)7-11)18-15(20)8-19(2)12-5-6-23(21,22)9-12/h3-4,7,10,12H,5-6,8-9H2,1-2H3,(H,18,20). The molecular weight excluding hydrogens is 326 g/mol. The predicted octanol–water partition coefficient (Wildman–Crippen LogP) is 1.26. The Kier molecular flexibility index (Phi) is 5.36. The highest BCUT2D eigenvalue weighted by molar-refractivity contribution is 7.91. The molecule has 1 amide bonds. The van der Waals surface area contributed by atoms with Crippen molar-refractivity contribution in [2.75, 3.05) is 25.1 Å². The molecule has 0 spiro atoms. The minimum absolute atomic E-state index is 0.0498. The minimum atomic E-state index is -3.00. The third-order valence-corrected chi connectivity index (χ3v) is 5.80. The zero-order valence-electron chi connectivity index (χ0n) is 13.1. The number of benzene rings is 1. The molecule has 1 saturated heterocycles. The van der Waals surface area contributed by atoms with Gasteiger partial charge in [-0.1, -0.05) is 6.07 Å². The molecule has 1 N–H and O–H groups in total. The summed E-state index contributed by atoms with van der Waals surface area (Å²) in [7, 11) is -1.30. The predicted molar refractivity (Wildman–Crippen MR) is 82.6 cm³/mol. The Morgan fingerprint density at radius 3 is 2.65 bits per heavy atom. The van der Waals surface area contributed by atoms with Gasteiger partial charge in [-0.2, -0.15) is 0 Å². The van der Waals surface area contributed by atoms with E-state index < -0.39 is 27.5 Å². The molecule has 0 radical (unpaired) electrons. The van der Waals surface area contributed by atoms with Gasteiger partial charge in [0, 0.05) is 6.04 Å². The second-order valence-corrected chi connectivity index (χ2v) is 8.16. The second-order valence-electron chi connectivity index (χ2n) is 5.93. The molecule has 1 aromatic carbocycles. The molecule has 1 aromatic rings. The SMILES string of the molecule is CC(NC(=O)CN(C)C1CCS(=O)(=O)C1)c1ccc(F)c(F)c1. The van der Waals surface area contributed by atoms with Crippen LogP contribution in [0.25, 0.3) is 0 Å². The number of hydrogen-bond donors (Lipinski definition) is 1. The number of hydrogen-bond acceptors (Lipinski definition) is 4. The molecule has 8 heteroatoms. The van der Waals surface area contributed by atoms with Crippen LogP contribution in [0.4, 0.5) is 8.78 Å². The zero-order chi connectivity index (χ0) is 17.2. The van der Waals surface area contributed by atoms with E-state index in [2.05, 4.69) is 5.32 Å². The quantitative estimate of drug-likeness (QED) is 0.872. The largest absolute Gasteiger partial charge is 0.348 e. The van der Waals surface area contributed by atoms with Crippen LogP contribution in [0.15, 0.2) is 18.2 Å². The first kappa shape index (κ1) is 17.8. The number of carbonyl (C=O) groups is 1. The first-order valence-electron chi connectivity index (χ1n) is 7.33. The minimum Gasteiger partial charge on any atom is -0.348 e. The zero-order valence-corrected chi connectivity index (χ0v) is 13.9. The summed E-state index contributed by atoms with van der Waals surface area (Å²) in [4.78, 5) is 13.7. The third kappa shape index (κ3) is 4.71. The lowest BCUT2D eigenvalue weighted by molar-refractivity contribution is -0.123. The number of rotatable bonds is 5. The van der Waals surface area contributed by atoms with Gasteiger partial charge in [-0.25, -0.2) is 17.2 Å². The van der Waals surface area contributed by atoms with Gasteiger partial charge in [0.2, 0.25) is 5.91 Å². The van der Waals surface area contributed by atoms with Crippen LogP contribution in [0, 0.1) is 11.6 Å². The number of halogens is 2. The van der Waals surface area contributed by atoms with Gasteiger partial charge in [0.15, 0.2) is 21.5 Å². The van der Waals surface area contributed by atoms with Gasteiger partial charge >= 0.3 is 0 Å². The summed E-state index contributed by atoms with van der Waals surface area (Å²) in [6.07, 6.45) is 0.519. The van der Waals surface area contributed by atoms with E-state index in [9.17, 15) is 22.0 Å². The molecule has 0 bridgehead atoms. The molecular formula is C15H20F2N2O3S. The van der Waals surface area contributed by atoms with Crippen LogP contribution < -0.4 is 5.32 Å². The van der Waals surface area contributed by atoms with Gasteiger partial charge in [0.25, 0.3) is 0 Å². The topological polar surface area (TPSA) is 66.5 Å². The van der Waals surface area contributed by atoms with Crippen molar-refractivity contribution in [1.82, 2.24) is 10.2 Å². The average molecular weight is 346 g/mol. The lowest BCUT2D eigenvalue weighted by Crippen LogP contribution is -2.41. The molecule has 2 atom stereocenters. The monoisotopic (exact) mass is 346 g/mol. The van der Waals surface area contributed by atoms with Crippen molar-refractivity contribution in [3.63, 3.8) is 0 Å². The van der Waals surface area contributed by atoms with E-state index in [4.69, 9.17) is 0 Å². The lowest BCUT2D eigenvalue weighted by atomic mass is 10.1. The first-order chi connectivity index (χ1) is 10.7. The molecule has 128 valence electrons. The molecule has 1 aliphatic heterocycles. The van der Waals surface area contributed by atoms with Crippen LogP contribution in [0.1, 0.15) is 24.9 Å². The molecule has 1 heterocycles. The van der Waals surface area contributed by atoms with Crippen LogP contribution in [-0.2, 0) is 14.6 Å². The Hall–Kier alpha value is -1.54. The van der Waals surface area contributed by atoms with Crippen LogP contribution in [0.2, 0.25) is 0 Å². The molecule has 1 aliphatic rings. The maximum atomic E-state index is 13.2. The van der Waals surface area contributed by atoms with E-state index in [1.54, 1.807) is 18.9 Å². The summed E-state index contributed by atoms with van der Waals surface area (Å²) in [5.74, 6) is -1.98. The third-order valence-electron chi connectivity index (χ3n) is 4.05. The van der Waals surface area contributed by atoms with Gasteiger partial charge in [-0.3, -0.25) is 9.69 Å². The smallest absolute Gasteiger partial charge is 0.234 e. The molecule has 0 saturated carbocycles. The normalized spacial score (nSPS) is 21.3. The maximum Gasteiger partial charge on any atom is 0.234 e. The fourth-order valence-corrected chi connectivity index (χ4v) is 4.44. The number of nitrogens with zero attached hydrogens (tertiary/aromatic N) is 1. The van der Waals surface area contributed by atoms with Crippen LogP contribution in [-0.4, -0.2) is 50.4 Å². The van der Waals surface area contributed by atoms with Crippen LogP contribution in [0.3, 0.4) is 0 Å². The Balaban J connectivity index is 1.90. The Morgan fingerprint density at radius 1 is 1.39 bits per heavy atom. The van der Waals surface area contributed by atoms with E-state index in [0.29, 0.717) is 12.0 Å². The maximum absolute atomic E-state index is 13.2. The highest BCUT2D eigenvalue weighted by Crippen LogP contribution is 2.17. The van der Waals surface area contributed by atoms with Crippen molar-refractivity contribution in [2.45, 2.75) is 25.4 Å². The molecule has 2 rings (SSSR count). The molecule has 1 fully saturated rings. The highest BCUT2D eigenvalue weighted by atomic mass is 32.2. The number of sulfone groups is 1. The second kappa shape index (κ2) is 6.92. The van der Waals surface area contributed by atoms with Gasteiger partial charge in [-0.05, 0) is 38.1 Å². The van der Waals surface area contributed by atoms with E-state index in [0.717, 1.165) is 12.1 Å². The molecule has 0 aliphatic carbocycles. The van der Waals surface area contributed by atoms with E-state index in [1.807, 2.05) is 0 Å². The van der Waals surface area contributed by atoms with Gasteiger partial charge < -0.3 is 5.32 Å². The van der Waals surface area contributed by atoms with Gasteiger partial charge in [0.05, 0.1) is 24.1 Å². The highest BCUT2D eigenvalue weighted by Gasteiger charge is 2.31. The van der Waals surface area contributed by atoms with E-state index in [1.165, 1.54) is 6.07 Å². The molecule has 2 unspecified atom stereocenters. The number of nitrogens with one attached hydrogen (secondary N) is 1. The fourth-order valence-electron chi connectivity index (χ4n) is 2.63. The lowest BCUT2D eigenvalue weighted by Gasteiger charge is -2.23. The van der Waals surface area contributed by atoms with Crippen molar-refractivity contribution in [3.8, 4) is 0 Å². The molecule has 5 nitrogen and oxygen atoms in total. The van der Waals surface area contributed by atoms with Crippen molar-refractivity contribution < 1.29 is 22.0 Å². The summed E-state index contributed by atoms with van der Waals surface area (Å²) < 4.78 is 49.0. The van der Waals surface area contributed by atoms with Gasteiger partial charge in [-0.15, -0.1) is 0 Å². The number of amides is 1. The van der Waals surface area contributed by atoms with Gasteiger partial charge in [0.1, 0.15) is 0 Å². The number of likely N-dealkylation sites (N-methyl/N-ethyl adjacent to an activating group) is 1. The summed E-state index contributed by atoms with van der Waals surface area (Å²) in [5, 5.41) is 2.70. The number of carbonyl (C=O) groups excluding carboxylic acids is 1. The summed E-state index contributed by atoms with van der Waals surface area (Å²) in [6, 6.07) is 2.84. The average Bonchev–Trinajstić information content (AvgIpc) is 2.82. The van der Waals surface area contributed by atoms with Crippen molar-refractivity contribution in [1.29, 1.82) is 0 Å². The van der Waals surface area contributed by atoms with Crippen molar-refractivity contribution in [3.05, 3.63) is 35.4 Å². The fraction of sp³-hybridized carbons (Fsp3) is 0.533. The molecule has 0 aromatic heterocycles. The van der Waals surface area contributed by atoms with Crippen molar-refractivity contribution >= 4 is 15.7 Å². The van der Waals surface area contributed by atoms with Crippen LogP contribution in [0.5, 0.6) is 0 Å². The van der Waals surface area contributed by atoms with Crippen LogP contribution >= 0.6 is 0 Å². The van der Waals surface area contributed by atoms with E-state index in [-0.39, 0.29) is 30.0 Å². The Morgan fingerprint density at radius 2 is 2.09 bits per heavy atom. The first-order valence-corrected chi connectivity index (χ1v) is 9.15. The molecule has 23 heavy (non-hydrogen) atoms. The Bertz CT molecular complexity index is 694. The summed E-state index contributed by atoms with van der Waals surface area (Å²) >= 11 is 0.